The first-order chi connectivity index (χ1) is 6.74. The van der Waals surface area contributed by atoms with Gasteiger partial charge in [0.25, 0.3) is 0 Å². The third-order valence-corrected chi connectivity index (χ3v) is 3.83. The average molecular weight is 204 g/mol. The van der Waals surface area contributed by atoms with E-state index in [4.69, 9.17) is 0 Å². The van der Waals surface area contributed by atoms with E-state index in [1.165, 1.54) is 10.6 Å². The number of thiazole rings is 1. The normalized spacial score (nSPS) is 28.0. The van der Waals surface area contributed by atoms with Gasteiger partial charge in [-0.25, -0.2) is 4.98 Å². The van der Waals surface area contributed by atoms with Crippen molar-refractivity contribution in [3.8, 4) is 0 Å². The van der Waals surface area contributed by atoms with Crippen molar-refractivity contribution in [2.75, 3.05) is 0 Å². The number of aromatic nitrogens is 1. The average Bonchev–Trinajstić information content (AvgIpc) is 2.65. The Labute approximate surface area is 87.4 Å². The molecule has 0 fully saturated rings. The molecular weight excluding hydrogens is 192 g/mol. The number of hydrogen-bond acceptors (Lipinski definition) is 3. The molecule has 0 radical (unpaired) electrons. The summed E-state index contributed by atoms with van der Waals surface area (Å²) in [6, 6.07) is 0.446. The van der Waals surface area contributed by atoms with Crippen LogP contribution in [0.1, 0.15) is 28.5 Å². The topological polar surface area (TPSA) is 24.9 Å². The van der Waals surface area contributed by atoms with Gasteiger partial charge in [-0.15, -0.1) is 11.3 Å². The number of rotatable bonds is 0. The molecule has 0 bridgehead atoms. The molecule has 0 spiro atoms. The Morgan fingerprint density at radius 2 is 2.29 bits per heavy atom. The molecule has 1 aliphatic heterocycles. The summed E-state index contributed by atoms with van der Waals surface area (Å²) in [5.74, 6) is 0.530. The highest BCUT2D eigenvalue weighted by Gasteiger charge is 2.31. The van der Waals surface area contributed by atoms with E-state index in [0.29, 0.717) is 12.0 Å². The van der Waals surface area contributed by atoms with Gasteiger partial charge in [0.05, 0.1) is 21.6 Å². The molecule has 3 heteroatoms. The summed E-state index contributed by atoms with van der Waals surface area (Å²) >= 11 is 1.81. The quantitative estimate of drug-likeness (QED) is 0.702. The Balaban J connectivity index is 2.09. The number of fused-ring (bicyclic) bond motifs is 3. The minimum Gasteiger partial charge on any atom is -0.380 e. The van der Waals surface area contributed by atoms with Gasteiger partial charge in [0, 0.05) is 11.6 Å². The smallest absolute Gasteiger partial charge is 0.0905 e. The molecule has 2 aliphatic rings. The molecule has 2 atom stereocenters. The van der Waals surface area contributed by atoms with E-state index in [1.807, 2.05) is 11.3 Å². The summed E-state index contributed by atoms with van der Waals surface area (Å²) in [5.41, 5.74) is 2.44. The molecule has 1 aromatic heterocycles. The zero-order chi connectivity index (χ0) is 9.71. The van der Waals surface area contributed by atoms with Crippen molar-refractivity contribution < 1.29 is 0 Å². The van der Waals surface area contributed by atoms with Crippen LogP contribution in [0.4, 0.5) is 0 Å². The third kappa shape index (κ3) is 1.05. The van der Waals surface area contributed by atoms with Crippen LogP contribution >= 0.6 is 11.3 Å². The Hall–Kier alpha value is -1.09. The summed E-state index contributed by atoms with van der Waals surface area (Å²) in [7, 11) is 0. The molecule has 2 heterocycles. The predicted octanol–water partition coefficient (Wildman–Crippen LogP) is 2.64. The Kier molecular flexibility index (Phi) is 1.59. The lowest BCUT2D eigenvalue weighted by atomic mass is 9.95. The molecule has 0 saturated carbocycles. The Bertz CT molecular complexity index is 442. The maximum Gasteiger partial charge on any atom is 0.0905 e. The third-order valence-electron chi connectivity index (χ3n) is 2.76. The maximum absolute atomic E-state index is 4.51. The van der Waals surface area contributed by atoms with Crippen molar-refractivity contribution in [3.05, 3.63) is 33.4 Å². The van der Waals surface area contributed by atoms with Gasteiger partial charge in [-0.2, -0.15) is 0 Å². The SMILES string of the molecule is CC1=CC2C=Cc3nc(C)sc3C2N1. The summed E-state index contributed by atoms with van der Waals surface area (Å²) in [5, 5.41) is 4.66. The highest BCUT2D eigenvalue weighted by atomic mass is 32.1. The second-order valence-electron chi connectivity index (χ2n) is 3.89. The van der Waals surface area contributed by atoms with Crippen molar-refractivity contribution in [3.63, 3.8) is 0 Å². The minimum atomic E-state index is 0.446. The molecule has 2 nitrogen and oxygen atoms in total. The van der Waals surface area contributed by atoms with Crippen LogP contribution in [0.25, 0.3) is 6.08 Å². The highest BCUT2D eigenvalue weighted by Crippen LogP contribution is 2.40. The molecule has 0 amide bonds. The fraction of sp³-hybridized carbons (Fsp3) is 0.364. The monoisotopic (exact) mass is 204 g/mol. The lowest BCUT2D eigenvalue weighted by molar-refractivity contribution is 0.574. The lowest BCUT2D eigenvalue weighted by Gasteiger charge is -2.20. The van der Waals surface area contributed by atoms with Crippen LogP contribution in [0, 0.1) is 12.8 Å². The molecule has 2 unspecified atom stereocenters. The van der Waals surface area contributed by atoms with Gasteiger partial charge in [-0.05, 0) is 19.9 Å². The maximum atomic E-state index is 4.51. The molecule has 1 N–H and O–H groups in total. The number of aryl methyl sites for hydroxylation is 1. The number of allylic oxidation sites excluding steroid dienone is 1. The van der Waals surface area contributed by atoms with E-state index < -0.39 is 0 Å². The summed E-state index contributed by atoms with van der Waals surface area (Å²) < 4.78 is 0. The van der Waals surface area contributed by atoms with E-state index in [9.17, 15) is 0 Å². The van der Waals surface area contributed by atoms with E-state index in [0.717, 1.165) is 10.7 Å². The van der Waals surface area contributed by atoms with Crippen molar-refractivity contribution in [1.82, 2.24) is 10.3 Å². The largest absolute Gasteiger partial charge is 0.380 e. The fourth-order valence-electron chi connectivity index (χ4n) is 2.18. The summed E-state index contributed by atoms with van der Waals surface area (Å²) in [4.78, 5) is 5.90. The highest BCUT2D eigenvalue weighted by molar-refractivity contribution is 7.11. The van der Waals surface area contributed by atoms with Gasteiger partial charge in [0.15, 0.2) is 0 Å². The molecule has 14 heavy (non-hydrogen) atoms. The van der Waals surface area contributed by atoms with Gasteiger partial charge < -0.3 is 5.32 Å². The van der Waals surface area contributed by atoms with Crippen molar-refractivity contribution in [1.29, 1.82) is 0 Å². The van der Waals surface area contributed by atoms with Gasteiger partial charge in [0.1, 0.15) is 0 Å². The standard InChI is InChI=1S/C11H12N2S/c1-6-5-8-3-4-9-11(10(8)12-6)14-7(2)13-9/h3-5,8,10,12H,1-2H3. The first kappa shape index (κ1) is 8.24. The molecule has 3 rings (SSSR count). The molecule has 0 saturated heterocycles. The van der Waals surface area contributed by atoms with E-state index in [-0.39, 0.29) is 0 Å². The summed E-state index contributed by atoms with van der Waals surface area (Å²) in [6.07, 6.45) is 6.69. The van der Waals surface area contributed by atoms with Gasteiger partial charge in [0.2, 0.25) is 0 Å². The first-order valence-corrected chi connectivity index (χ1v) is 5.66. The number of nitrogens with zero attached hydrogens (tertiary/aromatic N) is 1. The molecule has 0 aromatic carbocycles. The minimum absolute atomic E-state index is 0.446. The Morgan fingerprint density at radius 3 is 3.14 bits per heavy atom. The van der Waals surface area contributed by atoms with E-state index >= 15 is 0 Å². The molecule has 1 aliphatic carbocycles. The van der Waals surface area contributed by atoms with Crippen LogP contribution < -0.4 is 5.32 Å². The summed E-state index contributed by atoms with van der Waals surface area (Å²) in [6.45, 7) is 4.20. The van der Waals surface area contributed by atoms with Crippen molar-refractivity contribution in [2.24, 2.45) is 5.92 Å². The van der Waals surface area contributed by atoms with Gasteiger partial charge in [-0.3, -0.25) is 0 Å². The second-order valence-corrected chi connectivity index (χ2v) is 5.13. The first-order valence-electron chi connectivity index (χ1n) is 4.84. The van der Waals surface area contributed by atoms with Crippen molar-refractivity contribution in [2.45, 2.75) is 19.9 Å². The predicted molar refractivity (Wildman–Crippen MR) is 59.0 cm³/mol. The molecular formula is C11H12N2S. The number of hydrogen-bond donors (Lipinski definition) is 1. The zero-order valence-electron chi connectivity index (χ0n) is 8.24. The van der Waals surface area contributed by atoms with Crippen LogP contribution in [0.5, 0.6) is 0 Å². The Morgan fingerprint density at radius 1 is 1.43 bits per heavy atom. The molecule has 1 aromatic rings. The fourth-order valence-corrected chi connectivity index (χ4v) is 3.21. The molecule has 72 valence electrons. The second kappa shape index (κ2) is 2.70. The van der Waals surface area contributed by atoms with E-state index in [2.05, 4.69) is 42.4 Å². The van der Waals surface area contributed by atoms with Gasteiger partial charge in [-0.1, -0.05) is 12.2 Å². The zero-order valence-corrected chi connectivity index (χ0v) is 9.06. The van der Waals surface area contributed by atoms with Crippen LogP contribution in [0.3, 0.4) is 0 Å². The van der Waals surface area contributed by atoms with Crippen LogP contribution in [0.2, 0.25) is 0 Å². The van der Waals surface area contributed by atoms with Crippen LogP contribution in [0.15, 0.2) is 17.8 Å². The van der Waals surface area contributed by atoms with Crippen LogP contribution in [-0.2, 0) is 0 Å². The number of nitrogens with one attached hydrogen (secondary N) is 1. The van der Waals surface area contributed by atoms with Crippen molar-refractivity contribution >= 4 is 17.4 Å². The van der Waals surface area contributed by atoms with Gasteiger partial charge >= 0.3 is 0 Å². The lowest BCUT2D eigenvalue weighted by Crippen LogP contribution is -2.19. The van der Waals surface area contributed by atoms with Crippen LogP contribution in [-0.4, -0.2) is 4.98 Å². The van der Waals surface area contributed by atoms with E-state index in [1.54, 1.807) is 0 Å².